The third kappa shape index (κ3) is 4.75. The van der Waals surface area contributed by atoms with Crippen LogP contribution >= 0.6 is 0 Å². The van der Waals surface area contributed by atoms with Crippen molar-refractivity contribution in [3.63, 3.8) is 0 Å². The largest absolute Gasteiger partial charge is 0.480 e. The summed E-state index contributed by atoms with van der Waals surface area (Å²) in [5.41, 5.74) is 4.51. The Bertz CT molecular complexity index is 833. The van der Waals surface area contributed by atoms with Gasteiger partial charge in [-0.1, -0.05) is 48.5 Å². The van der Waals surface area contributed by atoms with E-state index in [1.54, 1.807) is 0 Å². The first kappa shape index (κ1) is 19.6. The van der Waals surface area contributed by atoms with Crippen LogP contribution < -0.4 is 5.32 Å². The highest BCUT2D eigenvalue weighted by atomic mass is 16.5. The lowest BCUT2D eigenvalue weighted by Gasteiger charge is -2.14. The number of ether oxygens (including phenoxy) is 2. The van der Waals surface area contributed by atoms with E-state index in [1.165, 1.54) is 0 Å². The van der Waals surface area contributed by atoms with Crippen LogP contribution in [0.25, 0.3) is 11.1 Å². The van der Waals surface area contributed by atoms with Crippen molar-refractivity contribution in [1.29, 1.82) is 0 Å². The van der Waals surface area contributed by atoms with Gasteiger partial charge in [-0.15, -0.1) is 0 Å². The predicted octanol–water partition coefficient (Wildman–Crippen LogP) is 2.59. The zero-order chi connectivity index (χ0) is 19.9. The van der Waals surface area contributed by atoms with E-state index in [-0.39, 0.29) is 37.9 Å². The van der Waals surface area contributed by atoms with Crippen molar-refractivity contribution in [2.45, 2.75) is 12.3 Å². The number of benzene rings is 2. The molecule has 0 aromatic heterocycles. The third-order valence-corrected chi connectivity index (χ3v) is 4.52. The Kier molecular flexibility index (Phi) is 6.39. The van der Waals surface area contributed by atoms with Crippen LogP contribution in [0.5, 0.6) is 0 Å². The standard InChI is InChI=1S/C21H21NO6/c23-14(9-10-27-13-20(24)25)11-22-21(26)28-12-19-17-7-3-1-5-15(17)16-6-2-4-8-18(16)19/h1-8,19H,9-13H2,(H,22,26)(H,24,25). The minimum Gasteiger partial charge on any atom is -0.480 e. The summed E-state index contributed by atoms with van der Waals surface area (Å²) < 4.78 is 10.1. The molecule has 3 rings (SSSR count). The number of carbonyl (C=O) groups excluding carboxylic acids is 2. The van der Waals surface area contributed by atoms with Crippen LogP contribution in [0.15, 0.2) is 48.5 Å². The molecule has 0 saturated heterocycles. The second-order valence-electron chi connectivity index (χ2n) is 6.41. The van der Waals surface area contributed by atoms with Crippen molar-refractivity contribution in [2.75, 3.05) is 26.4 Å². The van der Waals surface area contributed by atoms with Crippen molar-refractivity contribution in [3.8, 4) is 11.1 Å². The van der Waals surface area contributed by atoms with Crippen LogP contribution in [-0.2, 0) is 19.1 Å². The number of aliphatic carboxylic acids is 1. The summed E-state index contributed by atoms with van der Waals surface area (Å²) in [6, 6.07) is 16.1. The minimum absolute atomic E-state index is 0.00248. The molecule has 2 N–H and O–H groups in total. The van der Waals surface area contributed by atoms with Gasteiger partial charge in [-0.05, 0) is 22.3 Å². The van der Waals surface area contributed by atoms with Crippen molar-refractivity contribution < 1.29 is 29.0 Å². The van der Waals surface area contributed by atoms with E-state index in [1.807, 2.05) is 36.4 Å². The van der Waals surface area contributed by atoms with E-state index in [0.29, 0.717) is 0 Å². The number of amides is 1. The number of fused-ring (bicyclic) bond motifs is 3. The van der Waals surface area contributed by atoms with Crippen LogP contribution in [0.4, 0.5) is 4.79 Å². The Labute approximate surface area is 162 Å². The summed E-state index contributed by atoms with van der Waals surface area (Å²) >= 11 is 0. The van der Waals surface area contributed by atoms with Gasteiger partial charge in [0.1, 0.15) is 13.2 Å². The summed E-state index contributed by atoms with van der Waals surface area (Å²) in [5.74, 6) is -1.40. The fourth-order valence-electron chi connectivity index (χ4n) is 3.25. The fourth-order valence-corrected chi connectivity index (χ4v) is 3.25. The molecule has 0 fully saturated rings. The number of carbonyl (C=O) groups is 3. The van der Waals surface area contributed by atoms with Crippen LogP contribution in [0.1, 0.15) is 23.5 Å². The van der Waals surface area contributed by atoms with Gasteiger partial charge in [-0.3, -0.25) is 4.79 Å². The third-order valence-electron chi connectivity index (χ3n) is 4.52. The average Bonchev–Trinajstić information content (AvgIpc) is 3.02. The first-order valence-corrected chi connectivity index (χ1v) is 8.96. The average molecular weight is 383 g/mol. The molecule has 28 heavy (non-hydrogen) atoms. The van der Waals surface area contributed by atoms with Gasteiger partial charge in [-0.2, -0.15) is 0 Å². The van der Waals surface area contributed by atoms with E-state index in [0.717, 1.165) is 22.3 Å². The first-order chi connectivity index (χ1) is 13.6. The number of Topliss-reactive ketones (excluding diaryl/α,β-unsaturated/α-hetero) is 1. The van der Waals surface area contributed by atoms with Gasteiger partial charge in [0.2, 0.25) is 0 Å². The van der Waals surface area contributed by atoms with E-state index in [4.69, 9.17) is 14.6 Å². The van der Waals surface area contributed by atoms with E-state index < -0.39 is 18.7 Å². The number of carboxylic acid groups (broad SMARTS) is 1. The number of nitrogens with one attached hydrogen (secondary N) is 1. The Hall–Kier alpha value is -3.19. The lowest BCUT2D eigenvalue weighted by Crippen LogP contribution is -2.31. The molecule has 7 nitrogen and oxygen atoms in total. The lowest BCUT2D eigenvalue weighted by atomic mass is 9.98. The molecular formula is C21H21NO6. The van der Waals surface area contributed by atoms with Gasteiger partial charge in [0, 0.05) is 12.3 Å². The Morgan fingerprint density at radius 1 is 0.964 bits per heavy atom. The smallest absolute Gasteiger partial charge is 0.407 e. The van der Waals surface area contributed by atoms with Gasteiger partial charge in [0.25, 0.3) is 0 Å². The first-order valence-electron chi connectivity index (χ1n) is 8.96. The lowest BCUT2D eigenvalue weighted by molar-refractivity contribution is -0.142. The highest BCUT2D eigenvalue weighted by Crippen LogP contribution is 2.44. The van der Waals surface area contributed by atoms with Crippen molar-refractivity contribution in [1.82, 2.24) is 5.32 Å². The van der Waals surface area contributed by atoms with Crippen LogP contribution in [0.3, 0.4) is 0 Å². The number of hydrogen-bond acceptors (Lipinski definition) is 5. The fraction of sp³-hybridized carbons (Fsp3) is 0.286. The monoisotopic (exact) mass is 383 g/mol. The molecule has 1 aliphatic carbocycles. The molecule has 0 saturated carbocycles. The maximum absolute atomic E-state index is 12.0. The molecule has 0 bridgehead atoms. The molecule has 1 amide bonds. The maximum Gasteiger partial charge on any atom is 0.407 e. The minimum atomic E-state index is -1.09. The Balaban J connectivity index is 1.47. The number of hydrogen-bond donors (Lipinski definition) is 2. The van der Waals surface area contributed by atoms with Crippen LogP contribution in [0, 0.1) is 0 Å². The van der Waals surface area contributed by atoms with E-state index >= 15 is 0 Å². The zero-order valence-corrected chi connectivity index (χ0v) is 15.2. The Morgan fingerprint density at radius 3 is 2.18 bits per heavy atom. The summed E-state index contributed by atoms with van der Waals surface area (Å²) in [6.45, 7) is -0.465. The van der Waals surface area contributed by atoms with Gasteiger partial charge in [0.15, 0.2) is 5.78 Å². The molecule has 0 radical (unpaired) electrons. The molecule has 7 heteroatoms. The van der Waals surface area contributed by atoms with Gasteiger partial charge in [-0.25, -0.2) is 9.59 Å². The summed E-state index contributed by atoms with van der Waals surface area (Å²) in [5, 5.41) is 10.9. The van der Waals surface area contributed by atoms with Gasteiger partial charge in [0.05, 0.1) is 13.2 Å². The van der Waals surface area contributed by atoms with Crippen molar-refractivity contribution in [2.24, 2.45) is 0 Å². The molecule has 0 spiro atoms. The Morgan fingerprint density at radius 2 is 1.57 bits per heavy atom. The SMILES string of the molecule is O=C(O)COCCC(=O)CNC(=O)OCC1c2ccccc2-c2ccccc21. The van der Waals surface area contributed by atoms with Crippen LogP contribution in [-0.4, -0.2) is 49.3 Å². The number of ketones is 1. The normalized spacial score (nSPS) is 12.1. The van der Waals surface area contributed by atoms with Gasteiger partial charge < -0.3 is 19.9 Å². The highest BCUT2D eigenvalue weighted by molar-refractivity contribution is 5.84. The van der Waals surface area contributed by atoms with E-state index in [9.17, 15) is 14.4 Å². The quantitative estimate of drug-likeness (QED) is 0.646. The van der Waals surface area contributed by atoms with Gasteiger partial charge >= 0.3 is 12.1 Å². The number of alkyl carbamates (subject to hydrolysis) is 1. The maximum atomic E-state index is 12.0. The molecule has 2 aromatic rings. The second-order valence-corrected chi connectivity index (χ2v) is 6.41. The van der Waals surface area contributed by atoms with Crippen molar-refractivity contribution >= 4 is 17.8 Å². The second kappa shape index (κ2) is 9.14. The van der Waals surface area contributed by atoms with E-state index in [2.05, 4.69) is 17.4 Å². The molecule has 146 valence electrons. The molecule has 0 aliphatic heterocycles. The predicted molar refractivity (Wildman–Crippen MR) is 101 cm³/mol. The zero-order valence-electron chi connectivity index (χ0n) is 15.2. The molecule has 0 unspecified atom stereocenters. The van der Waals surface area contributed by atoms with Crippen LogP contribution in [0.2, 0.25) is 0 Å². The molecule has 2 aromatic carbocycles. The molecule has 0 heterocycles. The number of rotatable bonds is 9. The number of carboxylic acids is 1. The topological polar surface area (TPSA) is 102 Å². The summed E-state index contributed by atoms with van der Waals surface area (Å²) in [6.07, 6.45) is -0.640. The molecule has 0 atom stereocenters. The molecular weight excluding hydrogens is 362 g/mol. The summed E-state index contributed by atoms with van der Waals surface area (Å²) in [4.78, 5) is 33.9. The molecule has 1 aliphatic rings. The van der Waals surface area contributed by atoms with Crippen molar-refractivity contribution in [3.05, 3.63) is 59.7 Å². The highest BCUT2D eigenvalue weighted by Gasteiger charge is 2.28. The summed E-state index contributed by atoms with van der Waals surface area (Å²) in [7, 11) is 0.